The van der Waals surface area contributed by atoms with Crippen LogP contribution in [0.4, 0.5) is 0 Å². The number of hydrogen-bond donors (Lipinski definition) is 1. The Kier molecular flexibility index (Phi) is 4.72. The molecule has 24 heavy (non-hydrogen) atoms. The summed E-state index contributed by atoms with van der Waals surface area (Å²) in [4.78, 5) is 33.7. The Labute approximate surface area is 143 Å². The lowest BCUT2D eigenvalue weighted by Crippen LogP contribution is -2.43. The van der Waals surface area contributed by atoms with Crippen molar-refractivity contribution in [3.63, 3.8) is 0 Å². The van der Waals surface area contributed by atoms with Gasteiger partial charge < -0.3 is 14.6 Å². The number of aryl methyl sites for hydroxylation is 1. The maximum Gasteiger partial charge on any atom is 0.267 e. The first-order valence-electron chi connectivity index (χ1n) is 7.76. The van der Waals surface area contributed by atoms with E-state index in [1.54, 1.807) is 11.8 Å². The van der Waals surface area contributed by atoms with E-state index in [1.807, 2.05) is 13.8 Å². The van der Waals surface area contributed by atoms with Crippen LogP contribution in [0, 0.1) is 6.92 Å². The summed E-state index contributed by atoms with van der Waals surface area (Å²) < 4.78 is 9.61. The highest BCUT2D eigenvalue weighted by molar-refractivity contribution is 7.08. The number of carbonyl (C=O) groups excluding carboxylic acids is 1. The Hall–Kier alpha value is -2.13. The number of amides is 1. The number of nitrogens with zero attached hydrogens (tertiary/aromatic N) is 4. The van der Waals surface area contributed by atoms with Crippen LogP contribution in [0.3, 0.4) is 0 Å². The van der Waals surface area contributed by atoms with E-state index in [9.17, 15) is 9.59 Å². The van der Waals surface area contributed by atoms with Gasteiger partial charge in [0.25, 0.3) is 11.5 Å². The number of aromatic nitrogens is 4. The molecule has 2 aromatic rings. The molecule has 0 aromatic carbocycles. The fourth-order valence-corrected chi connectivity index (χ4v) is 3.41. The predicted octanol–water partition coefficient (Wildman–Crippen LogP) is 1.27. The topological polar surface area (TPSA) is 101 Å². The molecule has 0 saturated carbocycles. The molecule has 3 heterocycles. The molecule has 1 fully saturated rings. The van der Waals surface area contributed by atoms with Crippen LogP contribution in [0.5, 0.6) is 0 Å². The van der Waals surface area contributed by atoms with Gasteiger partial charge in [-0.3, -0.25) is 9.59 Å². The monoisotopic (exact) mass is 349 g/mol. The fraction of sp³-hybridized carbons (Fsp3) is 0.533. The summed E-state index contributed by atoms with van der Waals surface area (Å²) in [6, 6.07) is 1.42. The molecule has 1 atom stereocenters. The predicted molar refractivity (Wildman–Crippen MR) is 88.2 cm³/mol. The number of ether oxygens (including phenoxy) is 1. The number of nitrogens with one attached hydrogen (secondary N) is 1. The molecule has 1 aliphatic heterocycles. The Bertz CT molecular complexity index is 800. The number of rotatable bonds is 3. The van der Waals surface area contributed by atoms with E-state index in [-0.39, 0.29) is 17.4 Å². The molecule has 1 aliphatic rings. The van der Waals surface area contributed by atoms with Gasteiger partial charge in [0, 0.05) is 18.3 Å². The maximum atomic E-state index is 12.8. The largest absolute Gasteiger partial charge is 0.367 e. The van der Waals surface area contributed by atoms with Crippen molar-refractivity contribution in [2.75, 3.05) is 19.7 Å². The van der Waals surface area contributed by atoms with Crippen LogP contribution in [0.15, 0.2) is 10.9 Å². The van der Waals surface area contributed by atoms with Crippen molar-refractivity contribution in [3.05, 3.63) is 38.5 Å². The zero-order valence-electron chi connectivity index (χ0n) is 13.8. The van der Waals surface area contributed by atoms with E-state index in [1.165, 1.54) is 6.07 Å². The molecule has 0 aliphatic carbocycles. The molecule has 1 saturated heterocycles. The van der Waals surface area contributed by atoms with Crippen LogP contribution in [0.1, 0.15) is 52.8 Å². The number of hydrogen-bond acceptors (Lipinski definition) is 7. The van der Waals surface area contributed by atoms with Crippen molar-refractivity contribution in [2.45, 2.75) is 32.8 Å². The summed E-state index contributed by atoms with van der Waals surface area (Å²) in [6.07, 6.45) is -0.446. The molecule has 0 radical (unpaired) electrons. The number of morpholine rings is 1. The lowest BCUT2D eigenvalue weighted by Gasteiger charge is -2.32. The fourth-order valence-electron chi connectivity index (χ4n) is 2.62. The van der Waals surface area contributed by atoms with Crippen molar-refractivity contribution in [1.82, 2.24) is 24.5 Å². The normalized spacial score (nSPS) is 18.2. The van der Waals surface area contributed by atoms with E-state index in [2.05, 4.69) is 19.6 Å². The summed E-state index contributed by atoms with van der Waals surface area (Å²) in [5.41, 5.74) is 1.11. The average molecular weight is 349 g/mol. The highest BCUT2D eigenvalue weighted by Crippen LogP contribution is 2.25. The average Bonchev–Trinajstić information content (AvgIpc) is 3.03. The molecule has 128 valence electrons. The zero-order chi connectivity index (χ0) is 17.3. The second kappa shape index (κ2) is 6.78. The Morgan fingerprint density at radius 3 is 3.00 bits per heavy atom. The maximum absolute atomic E-state index is 12.8. The van der Waals surface area contributed by atoms with E-state index < -0.39 is 6.10 Å². The molecule has 0 spiro atoms. The highest BCUT2D eigenvalue weighted by atomic mass is 32.1. The molecular formula is C15H19N5O3S. The van der Waals surface area contributed by atoms with Crippen LogP contribution in [0.2, 0.25) is 0 Å². The summed E-state index contributed by atoms with van der Waals surface area (Å²) >= 11 is 1.11. The smallest absolute Gasteiger partial charge is 0.267 e. The van der Waals surface area contributed by atoms with Crippen LogP contribution < -0.4 is 5.56 Å². The first-order valence-corrected chi connectivity index (χ1v) is 8.54. The van der Waals surface area contributed by atoms with Crippen LogP contribution in [-0.2, 0) is 4.74 Å². The van der Waals surface area contributed by atoms with Crippen LogP contribution in [0.25, 0.3) is 0 Å². The van der Waals surface area contributed by atoms with Crippen LogP contribution in [-0.4, -0.2) is 50.1 Å². The quantitative estimate of drug-likeness (QED) is 0.895. The van der Waals surface area contributed by atoms with E-state index in [4.69, 9.17) is 4.74 Å². The van der Waals surface area contributed by atoms with Crippen molar-refractivity contribution in [2.24, 2.45) is 0 Å². The van der Waals surface area contributed by atoms with Gasteiger partial charge in [-0.2, -0.15) is 0 Å². The summed E-state index contributed by atoms with van der Waals surface area (Å²) in [5.74, 6) is 0.482. The molecule has 1 N–H and O–H groups in total. The Morgan fingerprint density at radius 1 is 1.50 bits per heavy atom. The minimum absolute atomic E-state index is 0.1000. The highest BCUT2D eigenvalue weighted by Gasteiger charge is 2.30. The van der Waals surface area contributed by atoms with Gasteiger partial charge in [-0.15, -0.1) is 5.10 Å². The third kappa shape index (κ3) is 3.36. The summed E-state index contributed by atoms with van der Waals surface area (Å²) in [7, 11) is 0. The molecule has 3 rings (SSSR count). The first kappa shape index (κ1) is 16.7. The van der Waals surface area contributed by atoms with Crippen molar-refractivity contribution < 1.29 is 9.53 Å². The minimum atomic E-state index is -0.446. The second-order valence-corrected chi connectivity index (χ2v) is 6.78. The lowest BCUT2D eigenvalue weighted by atomic mass is 10.1. The van der Waals surface area contributed by atoms with Gasteiger partial charge in [0.2, 0.25) is 0 Å². The van der Waals surface area contributed by atoms with Crippen molar-refractivity contribution in [3.8, 4) is 0 Å². The van der Waals surface area contributed by atoms with E-state index >= 15 is 0 Å². The minimum Gasteiger partial charge on any atom is -0.367 e. The lowest BCUT2D eigenvalue weighted by molar-refractivity contribution is -0.0268. The van der Waals surface area contributed by atoms with Gasteiger partial charge in [-0.25, -0.2) is 4.98 Å². The van der Waals surface area contributed by atoms with Gasteiger partial charge in [-0.05, 0) is 24.4 Å². The molecule has 1 amide bonds. The summed E-state index contributed by atoms with van der Waals surface area (Å²) in [5, 5.41) is 4.06. The van der Waals surface area contributed by atoms with Gasteiger partial charge in [0.1, 0.15) is 16.8 Å². The van der Waals surface area contributed by atoms with E-state index in [0.29, 0.717) is 36.1 Å². The van der Waals surface area contributed by atoms with Crippen molar-refractivity contribution in [1.29, 1.82) is 0 Å². The third-order valence-corrected chi connectivity index (χ3v) is 4.53. The van der Waals surface area contributed by atoms with Gasteiger partial charge in [0.15, 0.2) is 0 Å². The zero-order valence-corrected chi connectivity index (χ0v) is 14.6. The number of H-pyrrole nitrogens is 1. The van der Waals surface area contributed by atoms with E-state index in [0.717, 1.165) is 17.2 Å². The number of carbonyl (C=O) groups is 1. The first-order chi connectivity index (χ1) is 11.5. The van der Waals surface area contributed by atoms with Gasteiger partial charge in [0.05, 0.1) is 18.8 Å². The SMILES string of the molecule is Cc1cc(=O)[nH]c([C@@H]2CN(C(=O)c3snnc3C(C)C)CCO2)n1. The molecule has 2 aromatic heterocycles. The number of aromatic amines is 1. The van der Waals surface area contributed by atoms with Crippen molar-refractivity contribution >= 4 is 17.4 Å². The standard InChI is InChI=1S/C15H19N5O3S/c1-8(2)12-13(24-19-18-12)15(22)20-4-5-23-10(7-20)14-16-9(3)6-11(21)17-14/h6,8,10H,4-5,7H2,1-3H3,(H,16,17,21)/t10-/m0/s1. The molecule has 0 unspecified atom stereocenters. The third-order valence-electron chi connectivity index (χ3n) is 3.80. The Balaban J connectivity index is 1.81. The molecule has 0 bridgehead atoms. The Morgan fingerprint density at radius 2 is 2.29 bits per heavy atom. The van der Waals surface area contributed by atoms with Gasteiger partial charge >= 0.3 is 0 Å². The van der Waals surface area contributed by atoms with Crippen LogP contribution >= 0.6 is 11.5 Å². The molecule has 9 heteroatoms. The van der Waals surface area contributed by atoms with Gasteiger partial charge in [-0.1, -0.05) is 18.3 Å². The summed E-state index contributed by atoms with van der Waals surface area (Å²) in [6.45, 7) is 6.93. The second-order valence-electron chi connectivity index (χ2n) is 6.02. The molecular weight excluding hydrogens is 330 g/mol. The molecule has 8 nitrogen and oxygen atoms in total.